The molecule has 2 aromatic carbocycles. The predicted molar refractivity (Wildman–Crippen MR) is 69.1 cm³/mol. The highest BCUT2D eigenvalue weighted by atomic mass is 16.3. The topological polar surface area (TPSA) is 63.3 Å². The van der Waals surface area contributed by atoms with Crippen LogP contribution in [0.25, 0.3) is 11.1 Å². The molecule has 90 valence electrons. The smallest absolute Gasteiger partial charge is 0.249 e. The van der Waals surface area contributed by atoms with Crippen LogP contribution < -0.4 is 5.73 Å². The zero-order valence-corrected chi connectivity index (χ0v) is 9.81. The van der Waals surface area contributed by atoms with Crippen molar-refractivity contribution in [3.8, 4) is 11.1 Å². The normalized spacial score (nSPS) is 12.1. The summed E-state index contributed by atoms with van der Waals surface area (Å²) < 4.78 is 0. The molecule has 18 heavy (non-hydrogen) atoms. The number of aliphatic hydroxyl groups excluding tert-OH is 1. The van der Waals surface area contributed by atoms with Gasteiger partial charge in [0.25, 0.3) is 0 Å². The predicted octanol–water partition coefficient (Wildman–Crippen LogP) is 1.85. The number of carbonyl (C=O) groups excluding carboxylic acids is 1. The molecule has 0 heterocycles. The molecule has 0 fully saturated rings. The summed E-state index contributed by atoms with van der Waals surface area (Å²) in [6.45, 7) is -0.157. The van der Waals surface area contributed by atoms with Crippen molar-refractivity contribution in [2.45, 2.75) is 13.0 Å². The summed E-state index contributed by atoms with van der Waals surface area (Å²) in [5.41, 5.74) is 10.9. The maximum absolute atomic E-state index is 11.4. The van der Waals surface area contributed by atoms with Crippen LogP contribution in [0.15, 0.2) is 36.4 Å². The first-order valence-electron chi connectivity index (χ1n) is 5.86. The second kappa shape index (κ2) is 3.96. The summed E-state index contributed by atoms with van der Waals surface area (Å²) in [5, 5.41) is 9.50. The Labute approximate surface area is 105 Å². The summed E-state index contributed by atoms with van der Waals surface area (Å²) in [6, 6.07) is 11.7. The Morgan fingerprint density at radius 2 is 1.94 bits per heavy atom. The van der Waals surface area contributed by atoms with Crippen molar-refractivity contribution in [1.82, 2.24) is 0 Å². The molecule has 0 unspecified atom stereocenters. The number of benzene rings is 2. The van der Waals surface area contributed by atoms with Gasteiger partial charge in [0.2, 0.25) is 5.91 Å². The van der Waals surface area contributed by atoms with E-state index in [4.69, 9.17) is 5.73 Å². The van der Waals surface area contributed by atoms with Crippen LogP contribution in [0.4, 0.5) is 0 Å². The number of hydrogen-bond acceptors (Lipinski definition) is 2. The molecule has 0 bridgehead atoms. The largest absolute Gasteiger partial charge is 0.392 e. The lowest BCUT2D eigenvalue weighted by Crippen LogP contribution is -2.15. The van der Waals surface area contributed by atoms with Crippen molar-refractivity contribution in [1.29, 1.82) is 0 Å². The van der Waals surface area contributed by atoms with Gasteiger partial charge in [-0.25, -0.2) is 0 Å². The maximum Gasteiger partial charge on any atom is 0.249 e. The van der Waals surface area contributed by atoms with E-state index >= 15 is 0 Å². The van der Waals surface area contributed by atoms with E-state index in [0.29, 0.717) is 11.1 Å². The van der Waals surface area contributed by atoms with Crippen molar-refractivity contribution in [2.75, 3.05) is 0 Å². The summed E-state index contributed by atoms with van der Waals surface area (Å²) in [6.07, 6.45) is 0.752. The Kier molecular flexibility index (Phi) is 2.42. The van der Waals surface area contributed by atoms with E-state index in [1.165, 1.54) is 11.1 Å². The van der Waals surface area contributed by atoms with Gasteiger partial charge in [-0.15, -0.1) is 0 Å². The van der Waals surface area contributed by atoms with Gasteiger partial charge in [-0.3, -0.25) is 4.79 Å². The fourth-order valence-electron chi connectivity index (χ4n) is 2.69. The molecular formula is C15H13NO2. The van der Waals surface area contributed by atoms with Crippen LogP contribution in [-0.4, -0.2) is 11.0 Å². The number of fused-ring (bicyclic) bond motifs is 3. The molecule has 2 aromatic rings. The monoisotopic (exact) mass is 239 g/mol. The van der Waals surface area contributed by atoms with Crippen molar-refractivity contribution in [3.63, 3.8) is 0 Å². The Morgan fingerprint density at radius 3 is 2.67 bits per heavy atom. The van der Waals surface area contributed by atoms with Crippen LogP contribution in [0.1, 0.15) is 27.0 Å². The minimum atomic E-state index is -0.488. The van der Waals surface area contributed by atoms with Crippen molar-refractivity contribution < 1.29 is 9.90 Å². The lowest BCUT2D eigenvalue weighted by Gasteiger charge is -2.10. The first kappa shape index (κ1) is 11.0. The number of carbonyl (C=O) groups is 1. The van der Waals surface area contributed by atoms with Crippen molar-refractivity contribution >= 4 is 5.91 Å². The van der Waals surface area contributed by atoms with E-state index in [-0.39, 0.29) is 6.61 Å². The molecule has 0 saturated carbocycles. The zero-order chi connectivity index (χ0) is 12.7. The number of aliphatic hydroxyl groups is 1. The van der Waals surface area contributed by atoms with Crippen molar-refractivity contribution in [3.05, 3.63) is 58.7 Å². The Balaban J connectivity index is 2.26. The van der Waals surface area contributed by atoms with Gasteiger partial charge in [0.05, 0.1) is 6.61 Å². The number of amides is 1. The minimum Gasteiger partial charge on any atom is -0.392 e. The van der Waals surface area contributed by atoms with Gasteiger partial charge in [-0.1, -0.05) is 30.3 Å². The van der Waals surface area contributed by atoms with E-state index in [1.54, 1.807) is 6.07 Å². The molecule has 0 aliphatic heterocycles. The average molecular weight is 239 g/mol. The molecule has 1 aliphatic carbocycles. The van der Waals surface area contributed by atoms with Gasteiger partial charge in [-0.05, 0) is 40.3 Å². The highest BCUT2D eigenvalue weighted by molar-refractivity contribution is 5.96. The summed E-state index contributed by atoms with van der Waals surface area (Å²) in [4.78, 5) is 11.4. The fourth-order valence-corrected chi connectivity index (χ4v) is 2.69. The van der Waals surface area contributed by atoms with Gasteiger partial charge in [-0.2, -0.15) is 0 Å². The molecule has 0 spiro atoms. The number of primary amides is 1. The molecule has 0 atom stereocenters. The van der Waals surface area contributed by atoms with E-state index in [0.717, 1.165) is 17.5 Å². The number of rotatable bonds is 2. The summed E-state index contributed by atoms with van der Waals surface area (Å²) in [7, 11) is 0. The van der Waals surface area contributed by atoms with Gasteiger partial charge in [0.1, 0.15) is 0 Å². The van der Waals surface area contributed by atoms with Crippen LogP contribution in [0.2, 0.25) is 0 Å². The van der Waals surface area contributed by atoms with E-state index in [2.05, 4.69) is 12.1 Å². The van der Waals surface area contributed by atoms with E-state index < -0.39 is 5.91 Å². The molecule has 0 radical (unpaired) electrons. The minimum absolute atomic E-state index is 0.157. The molecule has 3 N–H and O–H groups in total. The third-order valence-electron chi connectivity index (χ3n) is 3.53. The quantitative estimate of drug-likeness (QED) is 0.716. The molecule has 3 heteroatoms. The highest BCUT2D eigenvalue weighted by Gasteiger charge is 2.23. The maximum atomic E-state index is 11.4. The van der Waals surface area contributed by atoms with Gasteiger partial charge >= 0.3 is 0 Å². The highest BCUT2D eigenvalue weighted by Crippen LogP contribution is 2.39. The van der Waals surface area contributed by atoms with Crippen LogP contribution >= 0.6 is 0 Å². The first-order chi connectivity index (χ1) is 8.72. The zero-order valence-electron chi connectivity index (χ0n) is 9.81. The van der Waals surface area contributed by atoms with Crippen LogP contribution in [0.3, 0.4) is 0 Å². The van der Waals surface area contributed by atoms with Gasteiger partial charge < -0.3 is 10.8 Å². The fraction of sp³-hybridized carbons (Fsp3) is 0.133. The first-order valence-corrected chi connectivity index (χ1v) is 5.86. The number of hydrogen-bond donors (Lipinski definition) is 2. The lowest BCUT2D eigenvalue weighted by molar-refractivity contribution is 0.0997. The van der Waals surface area contributed by atoms with Crippen molar-refractivity contribution in [2.24, 2.45) is 5.73 Å². The average Bonchev–Trinajstić information content (AvgIpc) is 2.75. The molecule has 0 aromatic heterocycles. The van der Waals surface area contributed by atoms with E-state index in [1.807, 2.05) is 18.2 Å². The molecular weight excluding hydrogens is 226 g/mol. The Morgan fingerprint density at radius 1 is 1.17 bits per heavy atom. The van der Waals surface area contributed by atoms with E-state index in [9.17, 15) is 9.90 Å². The lowest BCUT2D eigenvalue weighted by atomic mass is 9.96. The van der Waals surface area contributed by atoms with Gasteiger partial charge in [0.15, 0.2) is 0 Å². The van der Waals surface area contributed by atoms with Crippen LogP contribution in [-0.2, 0) is 13.0 Å². The standard InChI is InChI=1S/C15H13NO2/c16-15(18)12-6-5-11-10-4-2-1-3-9(10)7-13(11)14(12)8-17/h1-6,17H,7-8H2,(H2,16,18). The summed E-state index contributed by atoms with van der Waals surface area (Å²) in [5.74, 6) is -0.488. The molecule has 3 rings (SSSR count). The third-order valence-corrected chi connectivity index (χ3v) is 3.53. The Hall–Kier alpha value is -2.13. The third kappa shape index (κ3) is 1.45. The Bertz CT molecular complexity index is 647. The van der Waals surface area contributed by atoms with Gasteiger partial charge in [0, 0.05) is 5.56 Å². The second-order valence-electron chi connectivity index (χ2n) is 4.47. The number of nitrogens with two attached hydrogens (primary N) is 1. The summed E-state index contributed by atoms with van der Waals surface area (Å²) >= 11 is 0. The molecule has 1 aliphatic rings. The molecule has 1 amide bonds. The molecule has 0 saturated heterocycles. The van der Waals surface area contributed by atoms with Crippen LogP contribution in [0.5, 0.6) is 0 Å². The molecule has 3 nitrogen and oxygen atoms in total. The van der Waals surface area contributed by atoms with Crippen LogP contribution in [0, 0.1) is 0 Å². The second-order valence-corrected chi connectivity index (χ2v) is 4.47. The SMILES string of the molecule is NC(=O)c1ccc2c(c1CO)Cc1ccccc1-2.